The third-order valence-corrected chi connectivity index (χ3v) is 4.61. The maximum Gasteiger partial charge on any atom is 0.273 e. The van der Waals surface area contributed by atoms with E-state index in [1.54, 1.807) is 12.1 Å². The Morgan fingerprint density at radius 3 is 2.32 bits per heavy atom. The van der Waals surface area contributed by atoms with Crippen LogP contribution in [0.2, 0.25) is 0 Å². The lowest BCUT2D eigenvalue weighted by atomic mass is 10.2. The minimum absolute atomic E-state index is 0.0373. The van der Waals surface area contributed by atoms with E-state index < -0.39 is 31.3 Å². The van der Waals surface area contributed by atoms with Crippen molar-refractivity contribution in [2.75, 3.05) is 4.72 Å². The zero-order valence-electron chi connectivity index (χ0n) is 13.8. The lowest BCUT2D eigenvalue weighted by Crippen LogP contribution is -2.15. The molecule has 0 heterocycles. The molecule has 1 N–H and O–H groups in total. The van der Waals surface area contributed by atoms with Crippen molar-refractivity contribution < 1.29 is 22.5 Å². The van der Waals surface area contributed by atoms with E-state index in [0.717, 1.165) is 6.07 Å². The van der Waals surface area contributed by atoms with Gasteiger partial charge in [-0.25, -0.2) is 12.8 Å². The Bertz CT molecular complexity index is 895. The monoisotopic (exact) mass is 368 g/mol. The van der Waals surface area contributed by atoms with Gasteiger partial charge in [0.05, 0.1) is 11.0 Å². The molecule has 25 heavy (non-hydrogen) atoms. The number of ether oxygens (including phenoxy) is 1. The van der Waals surface area contributed by atoms with E-state index >= 15 is 0 Å². The first-order valence-corrected chi connectivity index (χ1v) is 8.82. The van der Waals surface area contributed by atoms with E-state index in [1.807, 2.05) is 13.8 Å². The Kier molecular flexibility index (Phi) is 5.27. The van der Waals surface area contributed by atoms with Crippen LogP contribution >= 0.6 is 0 Å². The molecule has 0 saturated carbocycles. The van der Waals surface area contributed by atoms with Crippen molar-refractivity contribution in [3.05, 3.63) is 57.9 Å². The zero-order chi connectivity index (χ0) is 18.8. The molecule has 0 aromatic heterocycles. The van der Waals surface area contributed by atoms with Gasteiger partial charge in [0.25, 0.3) is 15.7 Å². The molecule has 0 unspecified atom stereocenters. The van der Waals surface area contributed by atoms with Gasteiger partial charge in [0.1, 0.15) is 16.5 Å². The van der Waals surface area contributed by atoms with Crippen LogP contribution in [0.15, 0.2) is 41.3 Å². The van der Waals surface area contributed by atoms with Crippen LogP contribution in [0.25, 0.3) is 0 Å². The molecule has 0 aliphatic heterocycles. The summed E-state index contributed by atoms with van der Waals surface area (Å²) < 4.78 is 46.4. The average Bonchev–Trinajstić information content (AvgIpc) is 2.47. The maximum atomic E-state index is 14.0. The number of hydrogen-bond acceptors (Lipinski definition) is 5. The molecule has 0 spiro atoms. The van der Waals surface area contributed by atoms with Gasteiger partial charge in [-0.1, -0.05) is 0 Å². The maximum absolute atomic E-state index is 14.0. The van der Waals surface area contributed by atoms with Crippen LogP contribution in [-0.2, 0) is 10.0 Å². The summed E-state index contributed by atoms with van der Waals surface area (Å²) in [4.78, 5) is 9.41. The van der Waals surface area contributed by atoms with Crippen LogP contribution in [0.5, 0.6) is 5.75 Å². The minimum atomic E-state index is -4.32. The molecule has 7 nitrogen and oxygen atoms in total. The van der Waals surface area contributed by atoms with Gasteiger partial charge in [-0.05, 0) is 51.1 Å². The first kappa shape index (κ1) is 18.7. The highest BCUT2D eigenvalue weighted by atomic mass is 32.2. The molecule has 2 aromatic carbocycles. The van der Waals surface area contributed by atoms with E-state index in [1.165, 1.54) is 19.1 Å². The van der Waals surface area contributed by atoms with Crippen molar-refractivity contribution in [3.63, 3.8) is 0 Å². The summed E-state index contributed by atoms with van der Waals surface area (Å²) in [7, 11) is -4.32. The van der Waals surface area contributed by atoms with Crippen molar-refractivity contribution in [1.82, 2.24) is 0 Å². The standard InChI is InChI=1S/C16H17FN2O5S/c1-10(2)24-13-6-4-12(5-7-13)18-25(22,23)16-9-15(19(20)21)11(3)8-14(16)17/h4-10,18H,1-3H3. The van der Waals surface area contributed by atoms with Crippen LogP contribution in [0, 0.1) is 22.9 Å². The third-order valence-electron chi connectivity index (χ3n) is 3.21. The van der Waals surface area contributed by atoms with Crippen LogP contribution in [0.1, 0.15) is 19.4 Å². The van der Waals surface area contributed by atoms with Gasteiger partial charge < -0.3 is 4.74 Å². The van der Waals surface area contributed by atoms with Crippen molar-refractivity contribution in [2.45, 2.75) is 31.8 Å². The topological polar surface area (TPSA) is 98.5 Å². The number of sulfonamides is 1. The summed E-state index contributed by atoms with van der Waals surface area (Å²) in [5.41, 5.74) is -0.252. The number of halogens is 1. The lowest BCUT2D eigenvalue weighted by molar-refractivity contribution is -0.385. The van der Waals surface area contributed by atoms with Gasteiger partial charge >= 0.3 is 0 Å². The van der Waals surface area contributed by atoms with Crippen LogP contribution in [-0.4, -0.2) is 19.4 Å². The second-order valence-corrected chi connectivity index (χ2v) is 7.27. The molecule has 0 saturated heterocycles. The van der Waals surface area contributed by atoms with Crippen molar-refractivity contribution in [3.8, 4) is 5.75 Å². The molecular formula is C16H17FN2O5S. The Hall–Kier alpha value is -2.68. The number of anilines is 1. The molecule has 0 aliphatic rings. The normalized spacial score (nSPS) is 11.4. The Morgan fingerprint density at radius 2 is 1.80 bits per heavy atom. The first-order chi connectivity index (χ1) is 11.6. The molecular weight excluding hydrogens is 351 g/mol. The summed E-state index contributed by atoms with van der Waals surface area (Å²) >= 11 is 0. The summed E-state index contributed by atoms with van der Waals surface area (Å²) in [6, 6.07) is 7.57. The molecule has 0 atom stereocenters. The Morgan fingerprint density at radius 1 is 1.20 bits per heavy atom. The lowest BCUT2D eigenvalue weighted by Gasteiger charge is -2.12. The summed E-state index contributed by atoms with van der Waals surface area (Å²) in [6.45, 7) is 5.03. The molecule has 0 radical (unpaired) electrons. The largest absolute Gasteiger partial charge is 0.491 e. The Labute approximate surface area is 144 Å². The van der Waals surface area contributed by atoms with E-state index in [-0.39, 0.29) is 17.4 Å². The molecule has 0 bridgehead atoms. The number of rotatable bonds is 6. The van der Waals surface area contributed by atoms with E-state index in [4.69, 9.17) is 4.74 Å². The van der Waals surface area contributed by atoms with Crippen LogP contribution < -0.4 is 9.46 Å². The predicted molar refractivity (Wildman–Crippen MR) is 90.8 cm³/mol. The predicted octanol–water partition coefficient (Wildman–Crippen LogP) is 3.63. The highest BCUT2D eigenvalue weighted by Crippen LogP contribution is 2.27. The molecule has 0 aliphatic carbocycles. The number of benzene rings is 2. The fraction of sp³-hybridized carbons (Fsp3) is 0.250. The van der Waals surface area contributed by atoms with Crippen LogP contribution in [0.3, 0.4) is 0 Å². The number of nitro benzene ring substituents is 1. The summed E-state index contributed by atoms with van der Waals surface area (Å²) in [6.07, 6.45) is -0.0373. The van der Waals surface area contributed by atoms with Gasteiger partial charge in [0.15, 0.2) is 0 Å². The molecule has 2 aromatic rings. The van der Waals surface area contributed by atoms with Crippen molar-refractivity contribution in [2.24, 2.45) is 0 Å². The zero-order valence-corrected chi connectivity index (χ0v) is 14.6. The number of nitro groups is 1. The van der Waals surface area contributed by atoms with Gasteiger partial charge in [-0.3, -0.25) is 14.8 Å². The van der Waals surface area contributed by atoms with Gasteiger partial charge in [0.2, 0.25) is 0 Å². The summed E-state index contributed by atoms with van der Waals surface area (Å²) in [5, 5.41) is 11.0. The van der Waals surface area contributed by atoms with E-state index in [2.05, 4.69) is 4.72 Å². The average molecular weight is 368 g/mol. The quantitative estimate of drug-likeness (QED) is 0.620. The number of hydrogen-bond donors (Lipinski definition) is 1. The second kappa shape index (κ2) is 7.06. The fourth-order valence-corrected chi connectivity index (χ4v) is 3.27. The molecule has 2 rings (SSSR count). The highest BCUT2D eigenvalue weighted by molar-refractivity contribution is 7.92. The fourth-order valence-electron chi connectivity index (χ4n) is 2.13. The van der Waals surface area contributed by atoms with Gasteiger partial charge in [-0.15, -0.1) is 0 Å². The van der Waals surface area contributed by atoms with Gasteiger partial charge in [0, 0.05) is 17.3 Å². The SMILES string of the molecule is Cc1cc(F)c(S(=O)(=O)Nc2ccc(OC(C)C)cc2)cc1[N+](=O)[O-]. The number of nitrogens with zero attached hydrogens (tertiary/aromatic N) is 1. The molecule has 9 heteroatoms. The first-order valence-electron chi connectivity index (χ1n) is 7.34. The Balaban J connectivity index is 2.33. The van der Waals surface area contributed by atoms with Crippen molar-refractivity contribution in [1.29, 1.82) is 0 Å². The molecule has 134 valence electrons. The number of aryl methyl sites for hydroxylation is 1. The summed E-state index contributed by atoms with van der Waals surface area (Å²) in [5.74, 6) is -0.509. The third kappa shape index (κ3) is 4.44. The van der Waals surface area contributed by atoms with Crippen LogP contribution in [0.4, 0.5) is 15.8 Å². The second-order valence-electron chi connectivity index (χ2n) is 5.62. The minimum Gasteiger partial charge on any atom is -0.491 e. The molecule has 0 amide bonds. The van der Waals surface area contributed by atoms with Gasteiger partial charge in [-0.2, -0.15) is 0 Å². The smallest absolute Gasteiger partial charge is 0.273 e. The highest BCUT2D eigenvalue weighted by Gasteiger charge is 2.24. The number of nitrogens with one attached hydrogen (secondary N) is 1. The van der Waals surface area contributed by atoms with Crippen molar-refractivity contribution >= 4 is 21.4 Å². The molecule has 0 fully saturated rings. The van der Waals surface area contributed by atoms with E-state index in [0.29, 0.717) is 11.8 Å². The van der Waals surface area contributed by atoms with E-state index in [9.17, 15) is 22.9 Å².